The van der Waals surface area contributed by atoms with Gasteiger partial charge in [0.1, 0.15) is 17.5 Å². The Labute approximate surface area is 174 Å². The molecule has 0 spiro atoms. The Morgan fingerprint density at radius 2 is 1.86 bits per heavy atom. The van der Waals surface area contributed by atoms with Gasteiger partial charge >= 0.3 is 0 Å². The Balaban J connectivity index is 1.31. The summed E-state index contributed by atoms with van der Waals surface area (Å²) in [7, 11) is 0. The molecule has 2 heterocycles. The second kappa shape index (κ2) is 8.29. The fourth-order valence-corrected chi connectivity index (χ4v) is 5.21. The topological polar surface area (TPSA) is 78.5 Å². The molecular weight excluding hydrogens is 386 g/mol. The van der Waals surface area contributed by atoms with E-state index in [2.05, 4.69) is 10.6 Å². The third-order valence-electron chi connectivity index (χ3n) is 5.30. The van der Waals surface area contributed by atoms with Crippen molar-refractivity contribution in [3.8, 4) is 0 Å². The first kappa shape index (κ1) is 19.5. The summed E-state index contributed by atoms with van der Waals surface area (Å²) < 4.78 is 0. The van der Waals surface area contributed by atoms with E-state index in [0.29, 0.717) is 17.9 Å². The SMILES string of the molecule is C[C@H](NC(=O)[C@@H]1CSC2c3ccccc3C(=O)N21)C(=O)NCCc1ccccc1. The fraction of sp³-hybridized carbons (Fsp3) is 0.318. The van der Waals surface area contributed by atoms with E-state index >= 15 is 0 Å². The van der Waals surface area contributed by atoms with E-state index in [4.69, 9.17) is 0 Å². The van der Waals surface area contributed by atoms with Crippen LogP contribution in [-0.4, -0.2) is 47.0 Å². The smallest absolute Gasteiger partial charge is 0.256 e. The molecule has 1 fully saturated rings. The van der Waals surface area contributed by atoms with Crippen molar-refractivity contribution in [2.45, 2.75) is 30.8 Å². The van der Waals surface area contributed by atoms with Crippen LogP contribution in [0, 0.1) is 0 Å². The first-order valence-corrected chi connectivity index (χ1v) is 10.8. The summed E-state index contributed by atoms with van der Waals surface area (Å²) in [6.07, 6.45) is 0.731. The van der Waals surface area contributed by atoms with E-state index in [1.165, 1.54) is 0 Å². The number of carbonyl (C=O) groups excluding carboxylic acids is 3. The number of thioether (sulfide) groups is 1. The van der Waals surface area contributed by atoms with Crippen molar-refractivity contribution >= 4 is 29.5 Å². The third kappa shape index (κ3) is 3.87. The van der Waals surface area contributed by atoms with E-state index in [1.54, 1.807) is 29.7 Å². The van der Waals surface area contributed by atoms with E-state index in [1.807, 2.05) is 48.5 Å². The third-order valence-corrected chi connectivity index (χ3v) is 6.61. The number of carbonyl (C=O) groups is 3. The molecule has 7 heteroatoms. The van der Waals surface area contributed by atoms with Crippen molar-refractivity contribution in [2.75, 3.05) is 12.3 Å². The zero-order valence-corrected chi connectivity index (χ0v) is 16.9. The van der Waals surface area contributed by atoms with Crippen LogP contribution in [0.4, 0.5) is 0 Å². The number of amides is 3. The highest BCUT2D eigenvalue weighted by molar-refractivity contribution is 7.99. The molecule has 1 saturated heterocycles. The van der Waals surface area contributed by atoms with Gasteiger partial charge in [-0.05, 0) is 30.5 Å². The number of benzene rings is 2. The molecule has 0 bridgehead atoms. The van der Waals surface area contributed by atoms with Crippen LogP contribution in [0.1, 0.15) is 33.8 Å². The fourth-order valence-electron chi connectivity index (χ4n) is 3.75. The molecule has 6 nitrogen and oxygen atoms in total. The van der Waals surface area contributed by atoms with Crippen LogP contribution in [-0.2, 0) is 16.0 Å². The quantitative estimate of drug-likeness (QED) is 0.766. The molecule has 2 N–H and O–H groups in total. The van der Waals surface area contributed by atoms with Gasteiger partial charge in [0.25, 0.3) is 5.91 Å². The predicted octanol–water partition coefficient (Wildman–Crippen LogP) is 2.12. The molecule has 2 aliphatic rings. The normalized spacial score (nSPS) is 20.7. The zero-order chi connectivity index (χ0) is 20.4. The lowest BCUT2D eigenvalue weighted by Crippen LogP contribution is -2.52. The van der Waals surface area contributed by atoms with Crippen LogP contribution < -0.4 is 10.6 Å². The van der Waals surface area contributed by atoms with Crippen LogP contribution >= 0.6 is 11.8 Å². The number of fused-ring (bicyclic) bond motifs is 3. The van der Waals surface area contributed by atoms with Crippen molar-refractivity contribution in [2.24, 2.45) is 0 Å². The highest BCUT2D eigenvalue weighted by Crippen LogP contribution is 2.48. The minimum atomic E-state index is -0.664. The first-order valence-electron chi connectivity index (χ1n) is 9.71. The lowest BCUT2D eigenvalue weighted by Gasteiger charge is -2.24. The number of rotatable bonds is 6. The standard InChI is InChI=1S/C22H23N3O3S/c1-14(19(26)23-12-11-15-7-3-2-4-8-15)24-20(27)18-13-29-22-17-10-6-5-9-16(17)21(28)25(18)22/h2-10,14,18,22H,11-13H2,1H3,(H,23,26)(H,24,27)/t14-,18-,22?/m0/s1. The lowest BCUT2D eigenvalue weighted by molar-refractivity contribution is -0.130. The minimum absolute atomic E-state index is 0.115. The van der Waals surface area contributed by atoms with Crippen LogP contribution in [0.15, 0.2) is 54.6 Å². The Morgan fingerprint density at radius 1 is 1.14 bits per heavy atom. The number of nitrogens with zero attached hydrogens (tertiary/aromatic N) is 1. The van der Waals surface area contributed by atoms with Crippen molar-refractivity contribution in [1.82, 2.24) is 15.5 Å². The molecule has 29 heavy (non-hydrogen) atoms. The second-order valence-electron chi connectivity index (χ2n) is 7.26. The van der Waals surface area contributed by atoms with Gasteiger partial charge in [-0.15, -0.1) is 11.8 Å². The maximum atomic E-state index is 12.8. The molecule has 2 aromatic rings. The molecule has 0 aromatic heterocycles. The maximum absolute atomic E-state index is 12.8. The highest BCUT2D eigenvalue weighted by Gasteiger charge is 2.48. The minimum Gasteiger partial charge on any atom is -0.354 e. The average Bonchev–Trinajstić information content (AvgIpc) is 3.29. The molecular formula is C22H23N3O3S. The van der Waals surface area contributed by atoms with Gasteiger partial charge in [0.15, 0.2) is 0 Å². The Kier molecular flexibility index (Phi) is 5.58. The molecule has 1 unspecified atom stereocenters. The maximum Gasteiger partial charge on any atom is 0.256 e. The Hall–Kier alpha value is -2.80. The molecule has 4 rings (SSSR count). The summed E-state index contributed by atoms with van der Waals surface area (Å²) in [5, 5.41) is 5.51. The summed E-state index contributed by atoms with van der Waals surface area (Å²) in [4.78, 5) is 39.5. The molecule has 0 saturated carbocycles. The van der Waals surface area contributed by atoms with Gasteiger partial charge in [-0.25, -0.2) is 0 Å². The Morgan fingerprint density at radius 3 is 2.66 bits per heavy atom. The molecule has 150 valence electrons. The summed E-state index contributed by atoms with van der Waals surface area (Å²) >= 11 is 1.59. The largest absolute Gasteiger partial charge is 0.354 e. The molecule has 3 amide bonds. The molecule has 2 aromatic carbocycles. The van der Waals surface area contributed by atoms with Gasteiger partial charge in [-0.1, -0.05) is 48.5 Å². The number of hydrogen-bond acceptors (Lipinski definition) is 4. The zero-order valence-electron chi connectivity index (χ0n) is 16.1. The van der Waals surface area contributed by atoms with Crippen LogP contribution in [0.2, 0.25) is 0 Å². The van der Waals surface area contributed by atoms with Crippen LogP contribution in [0.25, 0.3) is 0 Å². The summed E-state index contributed by atoms with van der Waals surface area (Å²) in [6, 6.07) is 16.2. The van der Waals surface area contributed by atoms with Gasteiger partial charge in [0.2, 0.25) is 11.8 Å². The summed E-state index contributed by atoms with van der Waals surface area (Å²) in [6.45, 7) is 2.17. The molecule has 3 atom stereocenters. The second-order valence-corrected chi connectivity index (χ2v) is 8.37. The summed E-state index contributed by atoms with van der Waals surface area (Å²) in [5.74, 6) is -0.103. The molecule has 0 aliphatic carbocycles. The van der Waals surface area contributed by atoms with Gasteiger partial charge in [-0.3, -0.25) is 14.4 Å². The van der Waals surface area contributed by atoms with Gasteiger partial charge in [0.05, 0.1) is 0 Å². The average molecular weight is 410 g/mol. The monoisotopic (exact) mass is 409 g/mol. The highest BCUT2D eigenvalue weighted by atomic mass is 32.2. The van der Waals surface area contributed by atoms with Gasteiger partial charge in [0, 0.05) is 17.9 Å². The van der Waals surface area contributed by atoms with E-state index in [9.17, 15) is 14.4 Å². The van der Waals surface area contributed by atoms with Crippen molar-refractivity contribution in [1.29, 1.82) is 0 Å². The molecule has 0 radical (unpaired) electrons. The van der Waals surface area contributed by atoms with Gasteiger partial charge in [-0.2, -0.15) is 0 Å². The van der Waals surface area contributed by atoms with Crippen molar-refractivity contribution in [3.63, 3.8) is 0 Å². The van der Waals surface area contributed by atoms with Gasteiger partial charge < -0.3 is 15.5 Å². The lowest BCUT2D eigenvalue weighted by atomic mass is 10.1. The summed E-state index contributed by atoms with van der Waals surface area (Å²) in [5.41, 5.74) is 2.77. The van der Waals surface area contributed by atoms with E-state index < -0.39 is 12.1 Å². The van der Waals surface area contributed by atoms with Crippen molar-refractivity contribution < 1.29 is 14.4 Å². The Bertz CT molecular complexity index is 934. The number of hydrogen-bond donors (Lipinski definition) is 2. The first-order chi connectivity index (χ1) is 14.1. The predicted molar refractivity (Wildman–Crippen MR) is 112 cm³/mol. The van der Waals surface area contributed by atoms with Crippen LogP contribution in [0.3, 0.4) is 0 Å². The van der Waals surface area contributed by atoms with E-state index in [0.717, 1.165) is 17.5 Å². The number of nitrogens with one attached hydrogen (secondary N) is 2. The molecule has 2 aliphatic heterocycles. The van der Waals surface area contributed by atoms with Crippen LogP contribution in [0.5, 0.6) is 0 Å². The van der Waals surface area contributed by atoms with E-state index in [-0.39, 0.29) is 23.1 Å². The van der Waals surface area contributed by atoms with Crippen molar-refractivity contribution in [3.05, 3.63) is 71.3 Å².